The zero-order valence-electron chi connectivity index (χ0n) is 15.8. The molecule has 0 radical (unpaired) electrons. The summed E-state index contributed by atoms with van der Waals surface area (Å²) in [5, 5.41) is 0. The van der Waals surface area contributed by atoms with Crippen LogP contribution in [-0.2, 0) is 26.9 Å². The molecule has 1 heterocycles. The molecule has 3 atom stereocenters. The minimum absolute atomic E-state index is 0.0550. The summed E-state index contributed by atoms with van der Waals surface area (Å²) in [4.78, 5) is 42.3. The second-order valence-corrected chi connectivity index (χ2v) is 7.85. The lowest BCUT2D eigenvalue weighted by molar-refractivity contribution is -0.142. The maximum absolute atomic E-state index is 13.1. The number of pyridine rings is 1. The van der Waals surface area contributed by atoms with Crippen LogP contribution >= 0.6 is 0 Å². The Hall–Kier alpha value is -2.09. The van der Waals surface area contributed by atoms with Crippen molar-refractivity contribution in [2.75, 3.05) is 13.7 Å². The number of carbonyl (C=O) groups excluding carboxylic acids is 3. The van der Waals surface area contributed by atoms with Crippen molar-refractivity contribution < 1.29 is 32.3 Å². The van der Waals surface area contributed by atoms with E-state index in [1.165, 1.54) is 7.11 Å². The molecule has 0 N–H and O–H groups in total. The summed E-state index contributed by atoms with van der Waals surface area (Å²) < 4.78 is 44.1. The third-order valence-electron chi connectivity index (χ3n) is 5.84. The zero-order valence-corrected chi connectivity index (χ0v) is 15.8. The van der Waals surface area contributed by atoms with Crippen LogP contribution in [0.4, 0.5) is 13.2 Å². The summed E-state index contributed by atoms with van der Waals surface area (Å²) >= 11 is 0. The standard InChI is InChI=1S/C20H22F3NO4/c1-19-8-7-11(10-19)16(25)15(18(19)27)17(26)12-5-6-14(20(21,22)23)24-13(12)4-3-9-28-2/h5-6,11,15H,3-4,7-10H2,1-2H3. The van der Waals surface area contributed by atoms with Crippen LogP contribution in [0.3, 0.4) is 0 Å². The molecular formula is C20H22F3NO4. The Morgan fingerprint density at radius 2 is 2.04 bits per heavy atom. The zero-order chi connectivity index (χ0) is 20.7. The van der Waals surface area contributed by atoms with E-state index >= 15 is 0 Å². The Morgan fingerprint density at radius 3 is 2.68 bits per heavy atom. The van der Waals surface area contributed by atoms with Gasteiger partial charge in [0.05, 0.1) is 5.69 Å². The minimum atomic E-state index is -4.65. The van der Waals surface area contributed by atoms with Crippen molar-refractivity contribution in [3.05, 3.63) is 29.1 Å². The average molecular weight is 397 g/mol. The van der Waals surface area contributed by atoms with Crippen LogP contribution in [0, 0.1) is 17.3 Å². The minimum Gasteiger partial charge on any atom is -0.385 e. The highest BCUT2D eigenvalue weighted by Crippen LogP contribution is 2.50. The van der Waals surface area contributed by atoms with E-state index in [1.54, 1.807) is 6.92 Å². The summed E-state index contributed by atoms with van der Waals surface area (Å²) in [6.07, 6.45) is -2.65. The van der Waals surface area contributed by atoms with Crippen molar-refractivity contribution in [1.82, 2.24) is 4.98 Å². The van der Waals surface area contributed by atoms with E-state index in [1.807, 2.05) is 0 Å². The van der Waals surface area contributed by atoms with Gasteiger partial charge < -0.3 is 4.74 Å². The molecule has 2 saturated carbocycles. The molecule has 5 nitrogen and oxygen atoms in total. The highest BCUT2D eigenvalue weighted by Gasteiger charge is 2.56. The molecule has 2 aliphatic carbocycles. The first-order valence-corrected chi connectivity index (χ1v) is 9.27. The maximum Gasteiger partial charge on any atom is 0.433 e. The second-order valence-electron chi connectivity index (χ2n) is 7.85. The van der Waals surface area contributed by atoms with E-state index in [0.717, 1.165) is 12.1 Å². The molecule has 28 heavy (non-hydrogen) atoms. The molecule has 2 fully saturated rings. The van der Waals surface area contributed by atoms with Crippen LogP contribution in [0.15, 0.2) is 12.1 Å². The number of methoxy groups -OCH3 is 1. The maximum atomic E-state index is 13.1. The van der Waals surface area contributed by atoms with Gasteiger partial charge in [-0.2, -0.15) is 13.2 Å². The predicted molar refractivity (Wildman–Crippen MR) is 92.7 cm³/mol. The van der Waals surface area contributed by atoms with Gasteiger partial charge in [-0.1, -0.05) is 6.92 Å². The molecular weight excluding hydrogens is 375 g/mol. The Balaban J connectivity index is 1.98. The normalized spacial score (nSPS) is 27.3. The van der Waals surface area contributed by atoms with Crippen LogP contribution in [-0.4, -0.2) is 36.1 Å². The Kier molecular flexibility index (Phi) is 5.44. The highest BCUT2D eigenvalue weighted by molar-refractivity contribution is 6.27. The Labute approximate surface area is 160 Å². The van der Waals surface area contributed by atoms with Crippen molar-refractivity contribution in [1.29, 1.82) is 0 Å². The number of rotatable bonds is 6. The summed E-state index contributed by atoms with van der Waals surface area (Å²) in [6.45, 7) is 2.04. The van der Waals surface area contributed by atoms with E-state index < -0.39 is 40.6 Å². The Morgan fingerprint density at radius 1 is 1.32 bits per heavy atom. The molecule has 8 heteroatoms. The smallest absolute Gasteiger partial charge is 0.385 e. The molecule has 1 aromatic rings. The van der Waals surface area contributed by atoms with Gasteiger partial charge in [-0.25, -0.2) is 4.98 Å². The largest absolute Gasteiger partial charge is 0.433 e. The van der Waals surface area contributed by atoms with Crippen LogP contribution in [0.1, 0.15) is 54.4 Å². The molecule has 152 valence electrons. The first-order valence-electron chi connectivity index (χ1n) is 9.27. The van der Waals surface area contributed by atoms with Crippen molar-refractivity contribution in [2.24, 2.45) is 17.3 Å². The number of Topliss-reactive ketones (excluding diaryl/α,β-unsaturated/α-hetero) is 3. The highest BCUT2D eigenvalue weighted by atomic mass is 19.4. The summed E-state index contributed by atoms with van der Waals surface area (Å²) in [5.74, 6) is -3.34. The average Bonchev–Trinajstić information content (AvgIpc) is 3.00. The fraction of sp³-hybridized carbons (Fsp3) is 0.600. The molecule has 1 aromatic heterocycles. The van der Waals surface area contributed by atoms with Gasteiger partial charge in [0, 0.05) is 30.6 Å². The van der Waals surface area contributed by atoms with Gasteiger partial charge in [0.25, 0.3) is 0 Å². The third kappa shape index (κ3) is 3.62. The summed E-state index contributed by atoms with van der Waals surface area (Å²) in [5.41, 5.74) is -1.96. The van der Waals surface area contributed by atoms with Crippen LogP contribution < -0.4 is 0 Å². The van der Waals surface area contributed by atoms with Crippen molar-refractivity contribution >= 4 is 17.3 Å². The van der Waals surface area contributed by atoms with E-state index in [4.69, 9.17) is 4.74 Å². The number of hydrogen-bond donors (Lipinski definition) is 0. The number of ketones is 3. The van der Waals surface area contributed by atoms with Gasteiger partial charge in [-0.3, -0.25) is 14.4 Å². The number of halogens is 3. The molecule has 0 saturated heterocycles. The van der Waals surface area contributed by atoms with E-state index in [-0.39, 0.29) is 30.2 Å². The second kappa shape index (κ2) is 7.39. The number of nitrogens with zero attached hydrogens (tertiary/aromatic N) is 1. The fourth-order valence-corrected chi connectivity index (χ4v) is 4.28. The number of aromatic nitrogens is 1. The first kappa shape index (κ1) is 20.6. The fourth-order valence-electron chi connectivity index (χ4n) is 4.28. The number of fused-ring (bicyclic) bond motifs is 2. The lowest BCUT2D eigenvalue weighted by Gasteiger charge is -2.32. The van der Waals surface area contributed by atoms with Gasteiger partial charge in [0.2, 0.25) is 0 Å². The van der Waals surface area contributed by atoms with Crippen LogP contribution in [0.2, 0.25) is 0 Å². The molecule has 2 aliphatic rings. The number of carbonyl (C=O) groups is 3. The van der Waals surface area contributed by atoms with E-state index in [0.29, 0.717) is 25.7 Å². The van der Waals surface area contributed by atoms with Gasteiger partial charge >= 0.3 is 6.18 Å². The van der Waals surface area contributed by atoms with Crippen LogP contribution in [0.25, 0.3) is 0 Å². The lowest BCUT2D eigenvalue weighted by Crippen LogP contribution is -2.46. The summed E-state index contributed by atoms with van der Waals surface area (Å²) in [7, 11) is 1.46. The molecule has 3 rings (SSSR count). The summed E-state index contributed by atoms with van der Waals surface area (Å²) in [6, 6.07) is 1.76. The number of alkyl halides is 3. The predicted octanol–water partition coefficient (Wildman–Crippen LogP) is 3.44. The molecule has 2 bridgehead atoms. The monoisotopic (exact) mass is 397 g/mol. The topological polar surface area (TPSA) is 73.3 Å². The van der Waals surface area contributed by atoms with Gasteiger partial charge in [-0.15, -0.1) is 0 Å². The SMILES string of the molecule is COCCCc1nc(C(F)(F)F)ccc1C(=O)C1C(=O)C2CCC(C)(C2)C1=O. The lowest BCUT2D eigenvalue weighted by atomic mass is 9.68. The van der Waals surface area contributed by atoms with Crippen molar-refractivity contribution in [2.45, 2.75) is 45.2 Å². The van der Waals surface area contributed by atoms with Gasteiger partial charge in [-0.05, 0) is 44.2 Å². The third-order valence-corrected chi connectivity index (χ3v) is 5.84. The molecule has 0 aliphatic heterocycles. The molecule has 0 spiro atoms. The number of aryl methyl sites for hydroxylation is 1. The van der Waals surface area contributed by atoms with Gasteiger partial charge in [0.1, 0.15) is 11.6 Å². The number of ether oxygens (including phenoxy) is 1. The van der Waals surface area contributed by atoms with E-state index in [2.05, 4.69) is 4.98 Å². The first-order chi connectivity index (χ1) is 13.1. The van der Waals surface area contributed by atoms with Crippen molar-refractivity contribution in [3.8, 4) is 0 Å². The van der Waals surface area contributed by atoms with Crippen molar-refractivity contribution in [3.63, 3.8) is 0 Å². The Bertz CT molecular complexity index is 820. The van der Waals surface area contributed by atoms with Gasteiger partial charge in [0.15, 0.2) is 17.3 Å². The number of hydrogen-bond acceptors (Lipinski definition) is 5. The quantitative estimate of drug-likeness (QED) is 0.418. The van der Waals surface area contributed by atoms with E-state index in [9.17, 15) is 27.6 Å². The molecule has 3 unspecified atom stereocenters. The molecule has 0 amide bonds. The van der Waals surface area contributed by atoms with Crippen LogP contribution in [0.5, 0.6) is 0 Å². The molecule has 0 aromatic carbocycles.